The molecule has 0 aromatic carbocycles. The summed E-state index contributed by atoms with van der Waals surface area (Å²) in [5.41, 5.74) is 0. The van der Waals surface area contributed by atoms with Crippen molar-refractivity contribution in [1.29, 1.82) is 0 Å². The minimum absolute atomic E-state index is 0.708. The topological polar surface area (TPSA) is 15.3 Å². The first kappa shape index (κ1) is 11.7. The minimum Gasteiger partial charge on any atom is -0.314 e. The van der Waals surface area contributed by atoms with Crippen molar-refractivity contribution < 1.29 is 0 Å². The summed E-state index contributed by atoms with van der Waals surface area (Å²) in [6.45, 7) is 6.01. The second-order valence-corrected chi connectivity index (χ2v) is 6.56. The molecule has 0 radical (unpaired) electrons. The van der Waals surface area contributed by atoms with Crippen LogP contribution < -0.4 is 5.32 Å². The maximum Gasteiger partial charge on any atom is 0.0330 e. The molecular formula is C14H22N2S. The summed E-state index contributed by atoms with van der Waals surface area (Å²) in [4.78, 5) is 4.25. The van der Waals surface area contributed by atoms with Crippen molar-refractivity contribution in [3.8, 4) is 0 Å². The molecule has 2 atom stereocenters. The zero-order valence-corrected chi connectivity index (χ0v) is 11.4. The molecule has 1 saturated heterocycles. The van der Waals surface area contributed by atoms with E-state index in [-0.39, 0.29) is 0 Å². The van der Waals surface area contributed by atoms with Gasteiger partial charge in [-0.25, -0.2) is 0 Å². The van der Waals surface area contributed by atoms with E-state index in [4.69, 9.17) is 0 Å². The average molecular weight is 250 g/mol. The van der Waals surface area contributed by atoms with Gasteiger partial charge in [0.15, 0.2) is 0 Å². The van der Waals surface area contributed by atoms with E-state index in [1.807, 2.05) is 11.3 Å². The molecule has 0 bridgehead atoms. The summed E-state index contributed by atoms with van der Waals surface area (Å²) in [5, 5.41) is 5.76. The molecule has 1 N–H and O–H groups in total. The van der Waals surface area contributed by atoms with E-state index in [2.05, 4.69) is 34.7 Å². The van der Waals surface area contributed by atoms with E-state index >= 15 is 0 Å². The first-order chi connectivity index (χ1) is 8.33. The van der Waals surface area contributed by atoms with E-state index < -0.39 is 0 Å². The first-order valence-corrected chi connectivity index (χ1v) is 7.70. The highest BCUT2D eigenvalue weighted by Crippen LogP contribution is 2.31. The van der Waals surface area contributed by atoms with Crippen molar-refractivity contribution in [2.24, 2.45) is 5.92 Å². The summed E-state index contributed by atoms with van der Waals surface area (Å²) in [6, 6.07) is 6.03. The van der Waals surface area contributed by atoms with Gasteiger partial charge >= 0.3 is 0 Å². The quantitative estimate of drug-likeness (QED) is 0.864. The average Bonchev–Trinajstić information content (AvgIpc) is 2.91. The van der Waals surface area contributed by atoms with Gasteiger partial charge in [0.1, 0.15) is 0 Å². The third-order valence-electron chi connectivity index (χ3n) is 4.16. The number of thiophene rings is 1. The lowest BCUT2D eigenvalue weighted by Crippen LogP contribution is -2.35. The molecule has 2 unspecified atom stereocenters. The van der Waals surface area contributed by atoms with Gasteiger partial charge in [0.05, 0.1) is 0 Å². The van der Waals surface area contributed by atoms with Gasteiger partial charge in [-0.2, -0.15) is 0 Å². The number of hydrogen-bond acceptors (Lipinski definition) is 3. The fourth-order valence-electron chi connectivity index (χ4n) is 2.85. The lowest BCUT2D eigenvalue weighted by atomic mass is 10.0. The summed E-state index contributed by atoms with van der Waals surface area (Å²) in [7, 11) is 0. The standard InChI is InChI=1S/C14H22N2S/c1-11-12(6-7-15-11)9-16(13-4-5-13)10-14-3-2-8-17-14/h2-3,8,11-13,15H,4-7,9-10H2,1H3. The molecule has 94 valence electrons. The highest BCUT2D eigenvalue weighted by atomic mass is 32.1. The fraction of sp³-hybridized carbons (Fsp3) is 0.714. The van der Waals surface area contributed by atoms with Crippen LogP contribution in [0.1, 0.15) is 31.1 Å². The van der Waals surface area contributed by atoms with Crippen LogP contribution in [0.5, 0.6) is 0 Å². The van der Waals surface area contributed by atoms with Crippen molar-refractivity contribution in [3.63, 3.8) is 0 Å². The largest absolute Gasteiger partial charge is 0.314 e. The molecule has 2 heterocycles. The van der Waals surface area contributed by atoms with Gasteiger partial charge in [-0.15, -0.1) is 11.3 Å². The number of rotatable bonds is 5. The Balaban J connectivity index is 1.60. The zero-order chi connectivity index (χ0) is 11.7. The van der Waals surface area contributed by atoms with E-state index in [1.165, 1.54) is 43.8 Å². The monoisotopic (exact) mass is 250 g/mol. The number of nitrogens with one attached hydrogen (secondary N) is 1. The number of nitrogens with zero attached hydrogens (tertiary/aromatic N) is 1. The second kappa shape index (κ2) is 5.09. The maximum absolute atomic E-state index is 3.57. The molecule has 17 heavy (non-hydrogen) atoms. The SMILES string of the molecule is CC1NCCC1CN(Cc1cccs1)C1CC1. The van der Waals surface area contributed by atoms with Crippen molar-refractivity contribution in [2.75, 3.05) is 13.1 Å². The molecule has 2 aliphatic rings. The summed E-state index contributed by atoms with van der Waals surface area (Å²) in [6.07, 6.45) is 4.19. The minimum atomic E-state index is 0.708. The first-order valence-electron chi connectivity index (χ1n) is 6.83. The van der Waals surface area contributed by atoms with Gasteiger partial charge in [0, 0.05) is 30.1 Å². The molecule has 3 rings (SSSR count). The predicted octanol–water partition coefficient (Wildman–Crippen LogP) is 2.71. The fourth-order valence-corrected chi connectivity index (χ4v) is 3.58. The number of hydrogen-bond donors (Lipinski definition) is 1. The normalized spacial score (nSPS) is 29.1. The molecule has 2 nitrogen and oxygen atoms in total. The van der Waals surface area contributed by atoms with Crippen molar-refractivity contribution >= 4 is 11.3 Å². The highest BCUT2D eigenvalue weighted by molar-refractivity contribution is 7.09. The van der Waals surface area contributed by atoms with Crippen LogP contribution in [0, 0.1) is 5.92 Å². The Morgan fingerprint density at radius 3 is 2.88 bits per heavy atom. The van der Waals surface area contributed by atoms with Crippen LogP contribution in [0.15, 0.2) is 17.5 Å². The highest BCUT2D eigenvalue weighted by Gasteiger charge is 2.33. The molecule has 1 aromatic rings. The van der Waals surface area contributed by atoms with E-state index in [1.54, 1.807) is 0 Å². The van der Waals surface area contributed by atoms with Crippen LogP contribution in [-0.4, -0.2) is 30.1 Å². The maximum atomic E-state index is 3.57. The van der Waals surface area contributed by atoms with Crippen LogP contribution in [0.4, 0.5) is 0 Å². The Morgan fingerprint density at radius 1 is 1.41 bits per heavy atom. The Labute approximate surface area is 108 Å². The molecule has 0 spiro atoms. The summed E-state index contributed by atoms with van der Waals surface area (Å²) in [5.74, 6) is 0.857. The van der Waals surface area contributed by atoms with Crippen molar-refractivity contribution in [1.82, 2.24) is 10.2 Å². The second-order valence-electron chi connectivity index (χ2n) is 5.53. The van der Waals surface area contributed by atoms with Gasteiger partial charge < -0.3 is 5.32 Å². The van der Waals surface area contributed by atoms with Gasteiger partial charge in [0.2, 0.25) is 0 Å². The van der Waals surface area contributed by atoms with Gasteiger partial charge in [-0.1, -0.05) is 6.07 Å². The van der Waals surface area contributed by atoms with Crippen LogP contribution in [0.3, 0.4) is 0 Å². The van der Waals surface area contributed by atoms with E-state index in [0.29, 0.717) is 6.04 Å². The third kappa shape index (κ3) is 2.90. The molecule has 2 fully saturated rings. The molecule has 3 heteroatoms. The molecule has 0 amide bonds. The smallest absolute Gasteiger partial charge is 0.0330 e. The molecular weight excluding hydrogens is 228 g/mol. The van der Waals surface area contributed by atoms with Crippen LogP contribution in [-0.2, 0) is 6.54 Å². The van der Waals surface area contributed by atoms with Crippen LogP contribution >= 0.6 is 11.3 Å². The Morgan fingerprint density at radius 2 is 2.29 bits per heavy atom. The van der Waals surface area contributed by atoms with Gasteiger partial charge in [-0.05, 0) is 50.1 Å². The van der Waals surface area contributed by atoms with Gasteiger partial charge in [0.25, 0.3) is 0 Å². The zero-order valence-electron chi connectivity index (χ0n) is 10.6. The lowest BCUT2D eigenvalue weighted by molar-refractivity contribution is 0.208. The summed E-state index contributed by atoms with van der Waals surface area (Å²) < 4.78 is 0. The summed E-state index contributed by atoms with van der Waals surface area (Å²) >= 11 is 1.90. The van der Waals surface area contributed by atoms with E-state index in [9.17, 15) is 0 Å². The Bertz CT molecular complexity index is 345. The van der Waals surface area contributed by atoms with Crippen LogP contribution in [0.25, 0.3) is 0 Å². The Hall–Kier alpha value is -0.380. The molecule has 1 saturated carbocycles. The van der Waals surface area contributed by atoms with E-state index in [0.717, 1.165) is 12.0 Å². The molecule has 1 aliphatic carbocycles. The third-order valence-corrected chi connectivity index (χ3v) is 5.02. The van der Waals surface area contributed by atoms with Crippen molar-refractivity contribution in [2.45, 2.75) is 44.8 Å². The Kier molecular flexibility index (Phi) is 3.50. The van der Waals surface area contributed by atoms with Gasteiger partial charge in [-0.3, -0.25) is 4.90 Å². The van der Waals surface area contributed by atoms with Crippen LogP contribution in [0.2, 0.25) is 0 Å². The van der Waals surface area contributed by atoms with Crippen molar-refractivity contribution in [3.05, 3.63) is 22.4 Å². The molecule has 1 aromatic heterocycles. The lowest BCUT2D eigenvalue weighted by Gasteiger charge is -2.26. The predicted molar refractivity (Wildman–Crippen MR) is 73.3 cm³/mol. The molecule has 1 aliphatic heterocycles.